The van der Waals surface area contributed by atoms with Crippen LogP contribution in [0.1, 0.15) is 25.3 Å². The van der Waals surface area contributed by atoms with Crippen molar-refractivity contribution in [3.8, 4) is 0 Å². The molecule has 0 aliphatic carbocycles. The lowest BCUT2D eigenvalue weighted by Crippen LogP contribution is -2.42. The van der Waals surface area contributed by atoms with Crippen LogP contribution in [-0.4, -0.2) is 40.2 Å². The zero-order valence-corrected chi connectivity index (χ0v) is 17.0. The van der Waals surface area contributed by atoms with Crippen LogP contribution in [-0.2, 0) is 17.5 Å². The van der Waals surface area contributed by atoms with Crippen molar-refractivity contribution in [3.05, 3.63) is 52.3 Å². The van der Waals surface area contributed by atoms with Gasteiger partial charge in [-0.25, -0.2) is 0 Å². The van der Waals surface area contributed by atoms with Gasteiger partial charge in [-0.15, -0.1) is 0 Å². The molecule has 2 aromatic rings. The number of nitrogens with zero attached hydrogens (tertiary/aromatic N) is 4. The molecular formula is C20H24F3N5O3. The summed E-state index contributed by atoms with van der Waals surface area (Å²) in [6.07, 6.45) is -0.160. The summed E-state index contributed by atoms with van der Waals surface area (Å²) in [5.41, 5.74) is -1.49. The van der Waals surface area contributed by atoms with Crippen molar-refractivity contribution < 1.29 is 22.9 Å². The molecule has 1 aliphatic heterocycles. The van der Waals surface area contributed by atoms with E-state index < -0.39 is 22.4 Å². The normalized spacial score (nSPS) is 16.2. The molecule has 1 saturated heterocycles. The van der Waals surface area contributed by atoms with Crippen molar-refractivity contribution in [1.29, 1.82) is 0 Å². The minimum absolute atomic E-state index is 0.0751. The standard InChI is InChI=1S/C20H24F3N5O3/c1-14(13-27-8-2-7-25-27)12-24-19(29)15-5-9-26(10-6-15)17-4-3-16(20(21,22)23)11-18(17)28(30)31/h2-4,7-8,11,14-15H,5-6,9-10,12-13H2,1H3,(H,24,29)/t14-/m1/s1. The number of nitrogens with one attached hydrogen (secondary N) is 1. The number of amides is 1. The fourth-order valence-electron chi connectivity index (χ4n) is 3.71. The van der Waals surface area contributed by atoms with Gasteiger partial charge in [-0.1, -0.05) is 6.92 Å². The third-order valence-corrected chi connectivity index (χ3v) is 5.39. The maximum Gasteiger partial charge on any atom is 0.416 e. The molecule has 1 amide bonds. The van der Waals surface area contributed by atoms with Gasteiger partial charge in [0, 0.05) is 50.6 Å². The summed E-state index contributed by atoms with van der Waals surface area (Å²) < 4.78 is 40.5. The zero-order valence-electron chi connectivity index (χ0n) is 17.0. The number of hydrogen-bond donors (Lipinski definition) is 1. The Morgan fingerprint density at radius 1 is 1.35 bits per heavy atom. The number of nitro groups is 1. The van der Waals surface area contributed by atoms with Crippen LogP contribution in [0.2, 0.25) is 0 Å². The van der Waals surface area contributed by atoms with E-state index in [0.29, 0.717) is 45.1 Å². The van der Waals surface area contributed by atoms with Crippen LogP contribution in [0.5, 0.6) is 0 Å². The molecule has 1 aliphatic rings. The quantitative estimate of drug-likeness (QED) is 0.527. The third-order valence-electron chi connectivity index (χ3n) is 5.39. The summed E-state index contributed by atoms with van der Waals surface area (Å²) in [6.45, 7) is 3.90. The highest BCUT2D eigenvalue weighted by atomic mass is 19.4. The molecule has 0 bridgehead atoms. The largest absolute Gasteiger partial charge is 0.416 e. The van der Waals surface area contributed by atoms with E-state index >= 15 is 0 Å². The highest BCUT2D eigenvalue weighted by molar-refractivity contribution is 5.79. The lowest BCUT2D eigenvalue weighted by Gasteiger charge is -2.33. The Labute approximate surface area is 177 Å². The lowest BCUT2D eigenvalue weighted by atomic mass is 9.95. The van der Waals surface area contributed by atoms with Gasteiger partial charge in [-0.05, 0) is 37.0 Å². The van der Waals surface area contributed by atoms with E-state index in [2.05, 4.69) is 10.4 Å². The van der Waals surface area contributed by atoms with Gasteiger partial charge in [0.1, 0.15) is 5.69 Å². The van der Waals surface area contributed by atoms with Crippen LogP contribution < -0.4 is 10.2 Å². The second-order valence-corrected chi connectivity index (χ2v) is 7.80. The maximum absolute atomic E-state index is 12.9. The first-order valence-corrected chi connectivity index (χ1v) is 10.0. The Hall–Kier alpha value is -3.11. The Morgan fingerprint density at radius 3 is 2.65 bits per heavy atom. The van der Waals surface area contributed by atoms with Crippen molar-refractivity contribution >= 4 is 17.3 Å². The van der Waals surface area contributed by atoms with Crippen molar-refractivity contribution in [1.82, 2.24) is 15.1 Å². The molecule has 1 fully saturated rings. The molecule has 1 aromatic heterocycles. The van der Waals surface area contributed by atoms with Crippen LogP contribution >= 0.6 is 0 Å². The van der Waals surface area contributed by atoms with Crippen LogP contribution in [0, 0.1) is 22.0 Å². The summed E-state index contributed by atoms with van der Waals surface area (Å²) in [4.78, 5) is 24.7. The number of carbonyl (C=O) groups excluding carboxylic acids is 1. The first-order chi connectivity index (χ1) is 14.6. The molecule has 3 rings (SSSR count). The van der Waals surface area contributed by atoms with Gasteiger partial charge in [0.05, 0.1) is 10.5 Å². The van der Waals surface area contributed by atoms with Gasteiger partial charge in [0.25, 0.3) is 5.69 Å². The zero-order chi connectivity index (χ0) is 22.6. The summed E-state index contributed by atoms with van der Waals surface area (Å²) in [5, 5.41) is 18.4. The third kappa shape index (κ3) is 5.74. The van der Waals surface area contributed by atoms with Crippen LogP contribution in [0.15, 0.2) is 36.7 Å². The molecule has 1 aromatic carbocycles. The first-order valence-electron chi connectivity index (χ1n) is 10.0. The number of alkyl halides is 3. The summed E-state index contributed by atoms with van der Waals surface area (Å²) >= 11 is 0. The number of aromatic nitrogens is 2. The number of hydrogen-bond acceptors (Lipinski definition) is 5. The van der Waals surface area contributed by atoms with Gasteiger partial charge in [-0.3, -0.25) is 19.6 Å². The summed E-state index contributed by atoms with van der Waals surface area (Å²) in [7, 11) is 0. The van der Waals surface area contributed by atoms with Crippen LogP contribution in [0.3, 0.4) is 0 Å². The molecule has 8 nitrogen and oxygen atoms in total. The number of anilines is 1. The van der Waals surface area contributed by atoms with Crippen molar-refractivity contribution in [2.75, 3.05) is 24.5 Å². The average molecular weight is 439 g/mol. The number of benzene rings is 1. The Balaban J connectivity index is 1.55. The summed E-state index contributed by atoms with van der Waals surface area (Å²) in [5.74, 6) is -0.116. The second kappa shape index (κ2) is 9.36. The fraction of sp³-hybridized carbons (Fsp3) is 0.500. The number of carbonyl (C=O) groups is 1. The molecule has 0 saturated carbocycles. The van der Waals surface area contributed by atoms with Gasteiger partial charge < -0.3 is 10.2 Å². The minimum Gasteiger partial charge on any atom is -0.366 e. The Kier molecular flexibility index (Phi) is 6.81. The molecule has 0 radical (unpaired) electrons. The van der Waals surface area contributed by atoms with Gasteiger partial charge in [-0.2, -0.15) is 18.3 Å². The molecule has 31 heavy (non-hydrogen) atoms. The maximum atomic E-state index is 12.9. The molecule has 11 heteroatoms. The number of piperidine rings is 1. The van der Waals surface area contributed by atoms with E-state index in [-0.39, 0.29) is 23.4 Å². The molecule has 1 N–H and O–H groups in total. The van der Waals surface area contributed by atoms with E-state index in [9.17, 15) is 28.1 Å². The SMILES string of the molecule is C[C@H](CNC(=O)C1CCN(c2ccc(C(F)(F)F)cc2[N+](=O)[O-])CC1)Cn1cccn1. The van der Waals surface area contributed by atoms with Gasteiger partial charge in [0.15, 0.2) is 0 Å². The number of halogens is 3. The molecule has 1 atom stereocenters. The fourth-order valence-corrected chi connectivity index (χ4v) is 3.71. The van der Waals surface area contributed by atoms with E-state index in [4.69, 9.17) is 0 Å². The van der Waals surface area contributed by atoms with Gasteiger partial charge in [0.2, 0.25) is 5.91 Å². The van der Waals surface area contributed by atoms with Crippen molar-refractivity contribution in [2.24, 2.45) is 11.8 Å². The van der Waals surface area contributed by atoms with Crippen LogP contribution in [0.4, 0.5) is 24.5 Å². The topological polar surface area (TPSA) is 93.3 Å². The first kappa shape index (κ1) is 22.6. The molecule has 2 heterocycles. The van der Waals surface area contributed by atoms with Gasteiger partial charge >= 0.3 is 6.18 Å². The highest BCUT2D eigenvalue weighted by Gasteiger charge is 2.34. The second-order valence-electron chi connectivity index (χ2n) is 7.80. The molecule has 0 unspecified atom stereocenters. The van der Waals surface area contributed by atoms with Crippen molar-refractivity contribution in [2.45, 2.75) is 32.5 Å². The average Bonchev–Trinajstić information content (AvgIpc) is 3.24. The molecule has 0 spiro atoms. The smallest absolute Gasteiger partial charge is 0.366 e. The Bertz CT molecular complexity index is 909. The van der Waals surface area contributed by atoms with E-state index in [1.807, 2.05) is 19.2 Å². The number of rotatable bonds is 7. The van der Waals surface area contributed by atoms with E-state index in [0.717, 1.165) is 12.1 Å². The van der Waals surface area contributed by atoms with Crippen LogP contribution in [0.25, 0.3) is 0 Å². The Morgan fingerprint density at radius 2 is 2.06 bits per heavy atom. The predicted molar refractivity (Wildman–Crippen MR) is 107 cm³/mol. The monoisotopic (exact) mass is 439 g/mol. The van der Waals surface area contributed by atoms with E-state index in [1.54, 1.807) is 15.8 Å². The van der Waals surface area contributed by atoms with E-state index in [1.165, 1.54) is 0 Å². The lowest BCUT2D eigenvalue weighted by molar-refractivity contribution is -0.384. The number of nitro benzene ring substituents is 1. The predicted octanol–water partition coefficient (Wildman–Crippen LogP) is 3.48. The molecule has 168 valence electrons. The van der Waals surface area contributed by atoms with Crippen molar-refractivity contribution in [3.63, 3.8) is 0 Å². The molecular weight excluding hydrogens is 415 g/mol. The summed E-state index contributed by atoms with van der Waals surface area (Å²) in [6, 6.07) is 4.38. The minimum atomic E-state index is -4.65. The highest BCUT2D eigenvalue weighted by Crippen LogP contribution is 2.37.